The van der Waals surface area contributed by atoms with Crippen molar-refractivity contribution in [2.24, 2.45) is 0 Å². The number of nitrogens with one attached hydrogen (secondary N) is 1. The molecule has 0 unspecified atom stereocenters. The molecule has 0 saturated heterocycles. The van der Waals surface area contributed by atoms with Gasteiger partial charge in [-0.2, -0.15) is 0 Å². The van der Waals surface area contributed by atoms with Gasteiger partial charge in [0.05, 0.1) is 11.9 Å². The molecule has 2 amide bonds. The fourth-order valence-corrected chi connectivity index (χ4v) is 5.06. The van der Waals surface area contributed by atoms with Crippen molar-refractivity contribution in [3.05, 3.63) is 64.1 Å². The second kappa shape index (κ2) is 12.4. The first-order chi connectivity index (χ1) is 16.0. The number of halogens is 1. The van der Waals surface area contributed by atoms with Gasteiger partial charge in [0.1, 0.15) is 12.6 Å². The molecule has 0 aliphatic heterocycles. The van der Waals surface area contributed by atoms with E-state index in [0.717, 1.165) is 28.1 Å². The number of benzene rings is 2. The van der Waals surface area contributed by atoms with E-state index in [9.17, 15) is 18.0 Å². The van der Waals surface area contributed by atoms with Crippen LogP contribution in [0.3, 0.4) is 0 Å². The molecule has 9 heteroatoms. The molecular formula is C25H34BrN3O4S. The highest BCUT2D eigenvalue weighted by Gasteiger charge is 2.32. The van der Waals surface area contributed by atoms with Crippen molar-refractivity contribution in [3.8, 4) is 0 Å². The van der Waals surface area contributed by atoms with Crippen LogP contribution in [0.2, 0.25) is 0 Å². The number of anilines is 1. The van der Waals surface area contributed by atoms with E-state index in [2.05, 4.69) is 21.2 Å². The first-order valence-electron chi connectivity index (χ1n) is 11.4. The minimum absolute atomic E-state index is 0.0373. The lowest BCUT2D eigenvalue weighted by atomic mass is 10.1. The number of carbonyl (C=O) groups excluding carboxylic acids is 2. The van der Waals surface area contributed by atoms with Crippen LogP contribution in [0.4, 0.5) is 5.69 Å². The van der Waals surface area contributed by atoms with E-state index in [0.29, 0.717) is 16.6 Å². The molecule has 0 heterocycles. The SMILES string of the molecule is CC[C@H](C(=O)N[C@@H](C)CC)N(Cc1ccccc1C)C(=O)CN(c1ccccc1Br)S(C)(=O)=O. The van der Waals surface area contributed by atoms with Crippen LogP contribution < -0.4 is 9.62 Å². The minimum atomic E-state index is -3.77. The lowest BCUT2D eigenvalue weighted by Crippen LogP contribution is -2.53. The van der Waals surface area contributed by atoms with Crippen molar-refractivity contribution in [2.75, 3.05) is 17.1 Å². The summed E-state index contributed by atoms with van der Waals surface area (Å²) >= 11 is 3.39. The summed E-state index contributed by atoms with van der Waals surface area (Å²) in [5.41, 5.74) is 2.26. The fourth-order valence-electron chi connectivity index (χ4n) is 3.58. The van der Waals surface area contributed by atoms with Gasteiger partial charge in [0, 0.05) is 17.1 Å². The molecule has 2 rings (SSSR count). The quantitative estimate of drug-likeness (QED) is 0.452. The van der Waals surface area contributed by atoms with Crippen LogP contribution in [-0.4, -0.2) is 50.0 Å². The molecule has 0 aromatic heterocycles. The third-order valence-electron chi connectivity index (χ3n) is 5.79. The number of amides is 2. The number of hydrogen-bond acceptors (Lipinski definition) is 4. The highest BCUT2D eigenvalue weighted by Crippen LogP contribution is 2.28. The van der Waals surface area contributed by atoms with Gasteiger partial charge in [-0.1, -0.05) is 50.2 Å². The van der Waals surface area contributed by atoms with E-state index in [1.54, 1.807) is 24.3 Å². The second-order valence-electron chi connectivity index (χ2n) is 8.41. The Labute approximate surface area is 211 Å². The Morgan fingerprint density at radius 3 is 2.21 bits per heavy atom. The summed E-state index contributed by atoms with van der Waals surface area (Å²) < 4.78 is 27.0. The van der Waals surface area contributed by atoms with Crippen molar-refractivity contribution in [1.82, 2.24) is 10.2 Å². The third kappa shape index (κ3) is 7.30. The number of hydrogen-bond donors (Lipinski definition) is 1. The standard InChI is InChI=1S/C25H34BrN3O4S/c1-6-19(4)27-25(31)22(7-2)28(16-20-13-9-8-12-18(20)3)24(30)17-29(34(5,32)33)23-15-11-10-14-21(23)26/h8-15,19,22H,6-7,16-17H2,1-5H3,(H,27,31)/t19-,22+/m0/s1. The Kier molecular flexibility index (Phi) is 10.1. The number of aryl methyl sites for hydroxylation is 1. The Bertz CT molecular complexity index is 1110. The monoisotopic (exact) mass is 551 g/mol. The van der Waals surface area contributed by atoms with Crippen molar-refractivity contribution >= 4 is 43.5 Å². The van der Waals surface area contributed by atoms with Crippen molar-refractivity contribution in [3.63, 3.8) is 0 Å². The molecule has 34 heavy (non-hydrogen) atoms. The molecule has 0 saturated carbocycles. The maximum atomic E-state index is 13.7. The Hall–Kier alpha value is -2.39. The maximum Gasteiger partial charge on any atom is 0.244 e. The first-order valence-corrected chi connectivity index (χ1v) is 14.0. The topological polar surface area (TPSA) is 86.8 Å². The van der Waals surface area contributed by atoms with Crippen LogP contribution in [-0.2, 0) is 26.2 Å². The van der Waals surface area contributed by atoms with Crippen LogP contribution >= 0.6 is 15.9 Å². The van der Waals surface area contributed by atoms with Gasteiger partial charge < -0.3 is 10.2 Å². The van der Waals surface area contributed by atoms with Gasteiger partial charge in [-0.3, -0.25) is 13.9 Å². The third-order valence-corrected chi connectivity index (χ3v) is 7.59. The zero-order chi connectivity index (χ0) is 25.5. The predicted molar refractivity (Wildman–Crippen MR) is 140 cm³/mol. The fraction of sp³-hybridized carbons (Fsp3) is 0.440. The molecule has 7 nitrogen and oxygen atoms in total. The first kappa shape index (κ1) is 27.9. The summed E-state index contributed by atoms with van der Waals surface area (Å²) in [6.45, 7) is 7.47. The molecule has 2 atom stereocenters. The lowest BCUT2D eigenvalue weighted by Gasteiger charge is -2.33. The van der Waals surface area contributed by atoms with E-state index in [4.69, 9.17) is 0 Å². The van der Waals surface area contributed by atoms with Crippen molar-refractivity contribution in [1.29, 1.82) is 0 Å². The Balaban J connectivity index is 2.47. The van der Waals surface area contributed by atoms with Gasteiger partial charge in [-0.05, 0) is 65.9 Å². The molecule has 2 aromatic rings. The molecule has 0 aliphatic rings. The van der Waals surface area contributed by atoms with Crippen LogP contribution in [0, 0.1) is 6.92 Å². The zero-order valence-corrected chi connectivity index (χ0v) is 22.8. The summed E-state index contributed by atoms with van der Waals surface area (Å²) in [6, 6.07) is 13.7. The molecule has 1 N–H and O–H groups in total. The van der Waals surface area contributed by atoms with Gasteiger partial charge in [0.15, 0.2) is 0 Å². The Morgan fingerprint density at radius 2 is 1.65 bits per heavy atom. The number of nitrogens with zero attached hydrogens (tertiary/aromatic N) is 2. The number of rotatable bonds is 11. The lowest BCUT2D eigenvalue weighted by molar-refractivity contribution is -0.140. The van der Waals surface area contributed by atoms with Crippen LogP contribution in [0.1, 0.15) is 44.7 Å². The number of carbonyl (C=O) groups is 2. The van der Waals surface area contributed by atoms with E-state index >= 15 is 0 Å². The zero-order valence-electron chi connectivity index (χ0n) is 20.4. The maximum absolute atomic E-state index is 13.7. The Morgan fingerprint density at radius 1 is 1.03 bits per heavy atom. The molecule has 186 valence electrons. The van der Waals surface area contributed by atoms with Gasteiger partial charge in [0.25, 0.3) is 0 Å². The van der Waals surface area contributed by atoms with Crippen LogP contribution in [0.5, 0.6) is 0 Å². The normalized spacial score (nSPS) is 13.1. The van der Waals surface area contributed by atoms with E-state index in [1.165, 1.54) is 4.90 Å². The smallest absolute Gasteiger partial charge is 0.244 e. The largest absolute Gasteiger partial charge is 0.352 e. The number of para-hydroxylation sites is 1. The summed E-state index contributed by atoms with van der Waals surface area (Å²) in [4.78, 5) is 28.3. The highest BCUT2D eigenvalue weighted by atomic mass is 79.9. The molecular weight excluding hydrogens is 518 g/mol. The van der Waals surface area contributed by atoms with E-state index in [1.807, 2.05) is 52.0 Å². The van der Waals surface area contributed by atoms with Crippen molar-refractivity contribution in [2.45, 2.75) is 59.2 Å². The van der Waals surface area contributed by atoms with Gasteiger partial charge in [-0.25, -0.2) is 8.42 Å². The average Bonchev–Trinajstić information content (AvgIpc) is 2.78. The predicted octanol–water partition coefficient (Wildman–Crippen LogP) is 4.25. The van der Waals surface area contributed by atoms with Gasteiger partial charge in [-0.15, -0.1) is 0 Å². The van der Waals surface area contributed by atoms with Crippen LogP contribution in [0.25, 0.3) is 0 Å². The summed E-state index contributed by atoms with van der Waals surface area (Å²) in [5, 5.41) is 2.97. The second-order valence-corrected chi connectivity index (χ2v) is 11.2. The molecule has 0 aliphatic carbocycles. The summed E-state index contributed by atoms with van der Waals surface area (Å²) in [7, 11) is -3.77. The molecule has 0 spiro atoms. The summed E-state index contributed by atoms with van der Waals surface area (Å²) in [5.74, 6) is -0.693. The molecule has 0 fully saturated rings. The van der Waals surface area contributed by atoms with Crippen molar-refractivity contribution < 1.29 is 18.0 Å². The molecule has 0 bridgehead atoms. The van der Waals surface area contributed by atoms with Gasteiger partial charge in [0.2, 0.25) is 21.8 Å². The summed E-state index contributed by atoms with van der Waals surface area (Å²) in [6.07, 6.45) is 2.23. The minimum Gasteiger partial charge on any atom is -0.352 e. The van der Waals surface area contributed by atoms with Gasteiger partial charge >= 0.3 is 0 Å². The van der Waals surface area contributed by atoms with E-state index in [-0.39, 0.29) is 18.5 Å². The molecule has 0 radical (unpaired) electrons. The highest BCUT2D eigenvalue weighted by molar-refractivity contribution is 9.10. The number of sulfonamides is 1. The van der Waals surface area contributed by atoms with E-state index < -0.39 is 28.5 Å². The average molecular weight is 553 g/mol. The molecule has 2 aromatic carbocycles. The van der Waals surface area contributed by atoms with Crippen LogP contribution in [0.15, 0.2) is 53.0 Å².